The van der Waals surface area contributed by atoms with Gasteiger partial charge in [0.1, 0.15) is 0 Å². The van der Waals surface area contributed by atoms with Crippen LogP contribution in [0, 0.1) is 13.8 Å². The molecule has 12 heavy (non-hydrogen) atoms. The maximum Gasteiger partial charge on any atom is 0.294 e. The molecule has 0 saturated heterocycles. The molecule has 4 heteroatoms. The van der Waals surface area contributed by atoms with Crippen molar-refractivity contribution in [1.82, 2.24) is 0 Å². The molecule has 0 aliphatic rings. The monoisotopic (exact) mass is 186 g/mol. The summed E-state index contributed by atoms with van der Waals surface area (Å²) in [7, 11) is -4.06. The Morgan fingerprint density at radius 1 is 1.25 bits per heavy atom. The molecule has 0 fully saturated rings. The van der Waals surface area contributed by atoms with Crippen molar-refractivity contribution in [3.8, 4) is 0 Å². The smallest absolute Gasteiger partial charge is 0.282 e. The minimum absolute atomic E-state index is 0.0116. The Labute approximate surface area is 71.8 Å². The van der Waals surface area contributed by atoms with Gasteiger partial charge in [0, 0.05) is 0 Å². The molecule has 1 rings (SSSR count). The van der Waals surface area contributed by atoms with Crippen LogP contribution in [0.5, 0.6) is 0 Å². The van der Waals surface area contributed by atoms with Crippen molar-refractivity contribution in [1.29, 1.82) is 0 Å². The number of benzene rings is 1. The Bertz CT molecular complexity index is 393. The molecule has 3 nitrogen and oxygen atoms in total. The fraction of sp³-hybridized carbons (Fsp3) is 0.250. The molecule has 0 amide bonds. The predicted octanol–water partition coefficient (Wildman–Crippen LogP) is 1.55. The number of rotatable bonds is 1. The van der Waals surface area contributed by atoms with Crippen molar-refractivity contribution in [3.63, 3.8) is 0 Å². The van der Waals surface area contributed by atoms with Gasteiger partial charge in [0.2, 0.25) is 0 Å². The average Bonchev–Trinajstić information content (AvgIpc) is 1.92. The molecule has 1 aromatic carbocycles. The highest BCUT2D eigenvalue weighted by molar-refractivity contribution is 7.85. The summed E-state index contributed by atoms with van der Waals surface area (Å²) in [5.74, 6) is 0. The third-order valence-corrected chi connectivity index (χ3v) is 2.62. The molecule has 0 heterocycles. The maximum absolute atomic E-state index is 10.8. The van der Waals surface area contributed by atoms with Crippen molar-refractivity contribution in [2.75, 3.05) is 0 Å². The molecule has 0 atom stereocenters. The topological polar surface area (TPSA) is 54.4 Å². The van der Waals surface area contributed by atoms with E-state index >= 15 is 0 Å². The van der Waals surface area contributed by atoms with Crippen LogP contribution in [0.25, 0.3) is 0 Å². The average molecular weight is 186 g/mol. The zero-order valence-electron chi connectivity index (χ0n) is 6.90. The van der Waals surface area contributed by atoms with Gasteiger partial charge in [0.25, 0.3) is 10.1 Å². The van der Waals surface area contributed by atoms with Crippen LogP contribution in [0.15, 0.2) is 23.1 Å². The van der Waals surface area contributed by atoms with E-state index in [-0.39, 0.29) is 4.90 Å². The molecule has 1 N–H and O–H groups in total. The van der Waals surface area contributed by atoms with Gasteiger partial charge in [-0.25, -0.2) is 0 Å². The van der Waals surface area contributed by atoms with Gasteiger partial charge in [-0.3, -0.25) is 4.55 Å². The molecule has 0 bridgehead atoms. The van der Waals surface area contributed by atoms with E-state index in [1.54, 1.807) is 26.0 Å². The van der Waals surface area contributed by atoms with E-state index in [1.165, 1.54) is 6.07 Å². The summed E-state index contributed by atoms with van der Waals surface area (Å²) in [5.41, 5.74) is 1.37. The van der Waals surface area contributed by atoms with E-state index in [2.05, 4.69) is 0 Å². The Hall–Kier alpha value is -0.870. The van der Waals surface area contributed by atoms with Gasteiger partial charge in [0.05, 0.1) is 4.90 Å². The van der Waals surface area contributed by atoms with Crippen molar-refractivity contribution in [2.24, 2.45) is 0 Å². The maximum atomic E-state index is 10.8. The summed E-state index contributed by atoms with van der Waals surface area (Å²) >= 11 is 0. The zero-order valence-corrected chi connectivity index (χ0v) is 7.72. The van der Waals surface area contributed by atoms with E-state index in [1.807, 2.05) is 0 Å². The lowest BCUT2D eigenvalue weighted by Gasteiger charge is -2.02. The van der Waals surface area contributed by atoms with Gasteiger partial charge in [-0.15, -0.1) is 0 Å². The minimum Gasteiger partial charge on any atom is -0.282 e. The fourth-order valence-corrected chi connectivity index (χ4v) is 1.79. The van der Waals surface area contributed by atoms with E-state index in [4.69, 9.17) is 4.55 Å². The molecular formula is C8H10O3S. The fourth-order valence-electron chi connectivity index (χ4n) is 0.985. The second-order valence-electron chi connectivity index (χ2n) is 2.74. The standard InChI is InChI=1S/C8H10O3S/c1-6-3-4-7(2)8(5-6)12(9,10)11/h3-5H,1-2H3,(H,9,10,11). The SMILES string of the molecule is Cc1ccc(C)c(S(=O)(=O)O)c1. The van der Waals surface area contributed by atoms with Crippen LogP contribution in [0.1, 0.15) is 11.1 Å². The number of hydrogen-bond acceptors (Lipinski definition) is 2. The van der Waals surface area contributed by atoms with Crippen LogP contribution < -0.4 is 0 Å². The van der Waals surface area contributed by atoms with Crippen LogP contribution in [-0.2, 0) is 10.1 Å². The van der Waals surface area contributed by atoms with Crippen molar-refractivity contribution in [3.05, 3.63) is 29.3 Å². The first-order chi connectivity index (χ1) is 5.41. The molecule has 0 unspecified atom stereocenters. The van der Waals surface area contributed by atoms with Crippen LogP contribution in [0.2, 0.25) is 0 Å². The molecule has 66 valence electrons. The highest BCUT2D eigenvalue weighted by atomic mass is 32.2. The van der Waals surface area contributed by atoms with Gasteiger partial charge < -0.3 is 0 Å². The van der Waals surface area contributed by atoms with Gasteiger partial charge in [0.15, 0.2) is 0 Å². The van der Waals surface area contributed by atoms with Gasteiger partial charge in [-0.1, -0.05) is 12.1 Å². The molecule has 0 spiro atoms. The second-order valence-corrected chi connectivity index (χ2v) is 4.13. The second kappa shape index (κ2) is 2.88. The largest absolute Gasteiger partial charge is 0.294 e. The molecular weight excluding hydrogens is 176 g/mol. The van der Waals surface area contributed by atoms with Crippen molar-refractivity contribution in [2.45, 2.75) is 18.7 Å². The molecule has 0 aliphatic carbocycles. The Kier molecular flexibility index (Phi) is 2.21. The van der Waals surface area contributed by atoms with Crippen LogP contribution in [-0.4, -0.2) is 13.0 Å². The Morgan fingerprint density at radius 2 is 1.83 bits per heavy atom. The zero-order chi connectivity index (χ0) is 9.35. The molecule has 0 aromatic heterocycles. The van der Waals surface area contributed by atoms with Crippen molar-refractivity contribution >= 4 is 10.1 Å². The normalized spacial score (nSPS) is 11.6. The highest BCUT2D eigenvalue weighted by Gasteiger charge is 2.11. The molecule has 0 saturated carbocycles. The molecule has 1 aromatic rings. The molecule has 0 radical (unpaired) electrons. The first kappa shape index (κ1) is 9.22. The first-order valence-electron chi connectivity index (χ1n) is 3.46. The lowest BCUT2D eigenvalue weighted by atomic mass is 10.2. The number of aryl methyl sites for hydroxylation is 2. The van der Waals surface area contributed by atoms with Crippen LogP contribution in [0.3, 0.4) is 0 Å². The van der Waals surface area contributed by atoms with Gasteiger partial charge in [-0.2, -0.15) is 8.42 Å². The van der Waals surface area contributed by atoms with E-state index in [0.717, 1.165) is 5.56 Å². The summed E-state index contributed by atoms with van der Waals surface area (Å²) in [4.78, 5) is -0.0116. The lowest BCUT2D eigenvalue weighted by Crippen LogP contribution is -2.00. The van der Waals surface area contributed by atoms with E-state index < -0.39 is 10.1 Å². The van der Waals surface area contributed by atoms with Gasteiger partial charge >= 0.3 is 0 Å². The minimum atomic E-state index is -4.06. The van der Waals surface area contributed by atoms with Crippen LogP contribution >= 0.6 is 0 Å². The number of hydrogen-bond donors (Lipinski definition) is 1. The van der Waals surface area contributed by atoms with E-state index in [0.29, 0.717) is 5.56 Å². The summed E-state index contributed by atoms with van der Waals surface area (Å²) in [6.45, 7) is 3.41. The lowest BCUT2D eigenvalue weighted by molar-refractivity contribution is 0.482. The predicted molar refractivity (Wildman–Crippen MR) is 45.7 cm³/mol. The van der Waals surface area contributed by atoms with Crippen LogP contribution in [0.4, 0.5) is 0 Å². The third kappa shape index (κ3) is 1.84. The highest BCUT2D eigenvalue weighted by Crippen LogP contribution is 2.15. The Morgan fingerprint density at radius 3 is 2.25 bits per heavy atom. The summed E-state index contributed by atoms with van der Waals surface area (Å²) in [6.07, 6.45) is 0. The van der Waals surface area contributed by atoms with Crippen molar-refractivity contribution < 1.29 is 13.0 Å². The quantitative estimate of drug-likeness (QED) is 0.677. The summed E-state index contributed by atoms with van der Waals surface area (Å²) in [5, 5.41) is 0. The summed E-state index contributed by atoms with van der Waals surface area (Å²) < 4.78 is 30.3. The summed E-state index contributed by atoms with van der Waals surface area (Å²) in [6, 6.07) is 4.91. The Balaban J connectivity index is 3.43. The van der Waals surface area contributed by atoms with Gasteiger partial charge in [-0.05, 0) is 31.0 Å². The van der Waals surface area contributed by atoms with E-state index in [9.17, 15) is 8.42 Å². The third-order valence-electron chi connectivity index (χ3n) is 1.62. The first-order valence-corrected chi connectivity index (χ1v) is 4.90. The molecule has 0 aliphatic heterocycles.